The van der Waals surface area contributed by atoms with E-state index in [1.165, 1.54) is 67.2 Å². The van der Waals surface area contributed by atoms with Crippen LogP contribution >= 0.6 is 0 Å². The van der Waals surface area contributed by atoms with Gasteiger partial charge in [0, 0.05) is 17.0 Å². The van der Waals surface area contributed by atoms with Gasteiger partial charge < -0.3 is 0 Å². The number of fused-ring (bicyclic) bond motifs is 4. The van der Waals surface area contributed by atoms with Gasteiger partial charge in [-0.1, -0.05) is 31.0 Å². The molecule has 2 aromatic rings. The molecule has 120 valence electrons. The van der Waals surface area contributed by atoms with Gasteiger partial charge in [-0.25, -0.2) is 0 Å². The second-order valence-corrected chi connectivity index (χ2v) is 10.3. The normalized spacial score (nSPS) is 31.0. The van der Waals surface area contributed by atoms with Gasteiger partial charge in [-0.15, -0.1) is 0 Å². The van der Waals surface area contributed by atoms with Crippen LogP contribution in [0.5, 0.6) is 0 Å². The third-order valence-corrected chi connectivity index (χ3v) is 9.16. The van der Waals surface area contributed by atoms with Crippen molar-refractivity contribution in [2.75, 3.05) is 11.5 Å². The van der Waals surface area contributed by atoms with Gasteiger partial charge in [0.15, 0.2) is 4.90 Å². The molecule has 0 radical (unpaired) electrons. The van der Waals surface area contributed by atoms with E-state index in [0.29, 0.717) is 10.9 Å². The van der Waals surface area contributed by atoms with Crippen LogP contribution < -0.4 is 0 Å². The van der Waals surface area contributed by atoms with Crippen LogP contribution in [0.1, 0.15) is 56.4 Å². The number of rotatable bonds is 2. The Labute approximate surface area is 143 Å². The minimum absolute atomic E-state index is 0.542. The van der Waals surface area contributed by atoms with Crippen molar-refractivity contribution in [2.45, 2.75) is 55.8 Å². The van der Waals surface area contributed by atoms with Crippen molar-refractivity contribution in [3.8, 4) is 0 Å². The van der Waals surface area contributed by atoms with E-state index in [2.05, 4.69) is 36.4 Å². The summed E-state index contributed by atoms with van der Waals surface area (Å²) in [6, 6.07) is 14.7. The van der Waals surface area contributed by atoms with E-state index < -0.39 is 0 Å². The van der Waals surface area contributed by atoms with Gasteiger partial charge in [-0.3, -0.25) is 0 Å². The molecule has 2 aromatic carbocycles. The molecular weight excluding hydrogens is 296 g/mol. The third-order valence-electron chi connectivity index (χ3n) is 6.68. The molecule has 1 saturated heterocycles. The van der Waals surface area contributed by atoms with E-state index in [4.69, 9.17) is 0 Å². The molecule has 23 heavy (non-hydrogen) atoms. The zero-order valence-electron chi connectivity index (χ0n) is 14.0. The summed E-state index contributed by atoms with van der Waals surface area (Å²) < 4.78 is 0. The fraction of sp³-hybridized carbons (Fsp3) is 0.545. The van der Waals surface area contributed by atoms with Crippen molar-refractivity contribution in [1.29, 1.82) is 0 Å². The highest BCUT2D eigenvalue weighted by Crippen LogP contribution is 2.49. The van der Waals surface area contributed by atoms with Gasteiger partial charge in [0.05, 0.1) is 0 Å². The Morgan fingerprint density at radius 1 is 0.783 bits per heavy atom. The number of benzene rings is 2. The van der Waals surface area contributed by atoms with E-state index in [0.717, 1.165) is 17.8 Å². The first-order valence-electron chi connectivity index (χ1n) is 9.58. The standard InChI is InChI=1S/C22H27S/c1-2-12-23(11-1)21-10-9-18-14-20(8-7-19(18)15-21)22-13-16-3-5-17(22)6-4-16/h7-10,14-17,22H,1-6,11-13H2/q+1. The predicted octanol–water partition coefficient (Wildman–Crippen LogP) is 5.90. The summed E-state index contributed by atoms with van der Waals surface area (Å²) in [5.74, 6) is 5.69. The molecule has 1 aliphatic heterocycles. The lowest BCUT2D eigenvalue weighted by Gasteiger charge is -2.42. The summed E-state index contributed by atoms with van der Waals surface area (Å²) >= 11 is 0. The molecule has 1 unspecified atom stereocenters. The zero-order chi connectivity index (χ0) is 15.2. The lowest BCUT2D eigenvalue weighted by atomic mass is 9.63. The Balaban J connectivity index is 1.46. The number of hydrogen-bond donors (Lipinski definition) is 0. The molecule has 1 heterocycles. The van der Waals surface area contributed by atoms with Gasteiger partial charge in [0.25, 0.3) is 0 Å². The molecule has 2 bridgehead atoms. The average molecular weight is 324 g/mol. The summed E-state index contributed by atoms with van der Waals surface area (Å²) in [6.45, 7) is 0. The van der Waals surface area contributed by atoms with E-state index in [9.17, 15) is 0 Å². The minimum atomic E-state index is 0.542. The van der Waals surface area contributed by atoms with Gasteiger partial charge in [-0.2, -0.15) is 0 Å². The van der Waals surface area contributed by atoms with Gasteiger partial charge in [0.2, 0.25) is 0 Å². The molecule has 0 spiro atoms. The summed E-state index contributed by atoms with van der Waals surface area (Å²) in [7, 11) is 0.542. The Morgan fingerprint density at radius 3 is 2.26 bits per heavy atom. The van der Waals surface area contributed by atoms with Crippen molar-refractivity contribution in [3.05, 3.63) is 42.0 Å². The summed E-state index contributed by atoms with van der Waals surface area (Å²) in [6.07, 6.45) is 10.3. The maximum atomic E-state index is 2.52. The molecule has 1 heteroatoms. The van der Waals surface area contributed by atoms with E-state index >= 15 is 0 Å². The molecule has 3 saturated carbocycles. The minimum Gasteiger partial charge on any atom is -0.0581 e. The molecule has 0 N–H and O–H groups in total. The highest BCUT2D eigenvalue weighted by molar-refractivity contribution is 7.97. The predicted molar refractivity (Wildman–Crippen MR) is 101 cm³/mol. The maximum absolute atomic E-state index is 2.52. The average Bonchev–Trinajstić information content (AvgIpc) is 3.16. The monoisotopic (exact) mass is 323 g/mol. The molecule has 4 fully saturated rings. The quantitative estimate of drug-likeness (QED) is 0.603. The van der Waals surface area contributed by atoms with Crippen LogP contribution in [-0.2, 0) is 10.9 Å². The Morgan fingerprint density at radius 2 is 1.52 bits per heavy atom. The summed E-state index contributed by atoms with van der Waals surface area (Å²) in [4.78, 5) is 1.61. The second kappa shape index (κ2) is 5.84. The Bertz CT molecular complexity index is 705. The zero-order valence-corrected chi connectivity index (χ0v) is 14.8. The first-order valence-corrected chi connectivity index (χ1v) is 11.1. The van der Waals surface area contributed by atoms with Gasteiger partial charge >= 0.3 is 0 Å². The Hall–Kier alpha value is -0.950. The van der Waals surface area contributed by atoms with E-state index in [1.54, 1.807) is 10.5 Å². The lowest BCUT2D eigenvalue weighted by molar-refractivity contribution is 0.145. The van der Waals surface area contributed by atoms with Crippen LogP contribution in [-0.4, -0.2) is 11.5 Å². The van der Waals surface area contributed by atoms with Crippen molar-refractivity contribution >= 4 is 21.7 Å². The van der Waals surface area contributed by atoms with Crippen molar-refractivity contribution in [3.63, 3.8) is 0 Å². The van der Waals surface area contributed by atoms with Crippen LogP contribution in [0.2, 0.25) is 0 Å². The fourth-order valence-electron chi connectivity index (χ4n) is 5.33. The van der Waals surface area contributed by atoms with E-state index in [1.807, 2.05) is 0 Å². The molecule has 0 nitrogen and oxygen atoms in total. The smallest absolute Gasteiger partial charge is 0.0581 e. The molecular formula is C22H27S+. The van der Waals surface area contributed by atoms with Crippen LogP contribution in [0.3, 0.4) is 0 Å². The highest BCUT2D eigenvalue weighted by Gasteiger charge is 2.36. The highest BCUT2D eigenvalue weighted by atomic mass is 32.2. The fourth-order valence-corrected chi connectivity index (χ4v) is 7.66. The maximum Gasteiger partial charge on any atom is 0.155 e. The first-order chi connectivity index (χ1) is 11.4. The largest absolute Gasteiger partial charge is 0.155 e. The van der Waals surface area contributed by atoms with Crippen LogP contribution in [0.15, 0.2) is 41.3 Å². The molecule has 4 aliphatic rings. The molecule has 6 rings (SSSR count). The molecule has 3 aliphatic carbocycles. The van der Waals surface area contributed by atoms with Crippen LogP contribution in [0.4, 0.5) is 0 Å². The SMILES string of the molecule is c1cc2cc([S+]3CCCC3)ccc2cc1C1CC2CCC1CC2. The molecule has 0 aromatic heterocycles. The summed E-state index contributed by atoms with van der Waals surface area (Å²) in [5.41, 5.74) is 1.63. The van der Waals surface area contributed by atoms with Gasteiger partial charge in [-0.05, 0) is 78.3 Å². The lowest BCUT2D eigenvalue weighted by Crippen LogP contribution is -2.29. The Kier molecular flexibility index (Phi) is 3.66. The second-order valence-electron chi connectivity index (χ2n) is 8.00. The van der Waals surface area contributed by atoms with Gasteiger partial charge in [0.1, 0.15) is 11.5 Å². The number of hydrogen-bond acceptors (Lipinski definition) is 0. The van der Waals surface area contributed by atoms with Crippen molar-refractivity contribution in [1.82, 2.24) is 0 Å². The van der Waals surface area contributed by atoms with Crippen LogP contribution in [0, 0.1) is 11.8 Å². The van der Waals surface area contributed by atoms with E-state index in [-0.39, 0.29) is 0 Å². The third kappa shape index (κ3) is 2.61. The summed E-state index contributed by atoms with van der Waals surface area (Å²) in [5, 5.41) is 2.93. The molecule has 0 amide bonds. The van der Waals surface area contributed by atoms with Crippen LogP contribution in [0.25, 0.3) is 10.8 Å². The van der Waals surface area contributed by atoms with Crippen molar-refractivity contribution < 1.29 is 0 Å². The topological polar surface area (TPSA) is 0 Å². The first kappa shape index (κ1) is 14.4. The van der Waals surface area contributed by atoms with Crippen molar-refractivity contribution in [2.24, 2.45) is 11.8 Å². The molecule has 1 atom stereocenters.